The smallest absolute Gasteiger partial charge is 0.223 e. The van der Waals surface area contributed by atoms with Crippen molar-refractivity contribution < 1.29 is 9.53 Å². The van der Waals surface area contributed by atoms with Gasteiger partial charge in [-0.25, -0.2) is 0 Å². The molecule has 1 amide bonds. The van der Waals surface area contributed by atoms with Gasteiger partial charge in [0.1, 0.15) is 0 Å². The number of nitrogens with zero attached hydrogens (tertiary/aromatic N) is 2. The maximum absolute atomic E-state index is 12.3. The molecule has 1 aromatic heterocycles. The molecule has 0 radical (unpaired) electrons. The van der Waals surface area contributed by atoms with E-state index in [1.54, 1.807) is 0 Å². The third-order valence-corrected chi connectivity index (χ3v) is 4.20. The van der Waals surface area contributed by atoms with Gasteiger partial charge in [0.15, 0.2) is 0 Å². The summed E-state index contributed by atoms with van der Waals surface area (Å²) in [7, 11) is 0. The van der Waals surface area contributed by atoms with Crippen LogP contribution in [0.4, 0.5) is 0 Å². The number of hydrogen-bond acceptors (Lipinski definition) is 3. The maximum Gasteiger partial charge on any atom is 0.223 e. The molecule has 0 spiro atoms. The number of aromatic amines is 1. The van der Waals surface area contributed by atoms with Crippen molar-refractivity contribution in [3.8, 4) is 0 Å². The second-order valence-corrected chi connectivity index (χ2v) is 5.63. The number of fused-ring (bicyclic) bond motifs is 1. The number of amides is 1. The van der Waals surface area contributed by atoms with Crippen LogP contribution in [0, 0.1) is 12.8 Å². The lowest BCUT2D eigenvalue weighted by molar-refractivity contribution is -0.134. The number of hydrogen-bond donors (Lipinski definition) is 1. The van der Waals surface area contributed by atoms with Crippen molar-refractivity contribution in [1.82, 2.24) is 15.1 Å². The van der Waals surface area contributed by atoms with Gasteiger partial charge in [0.25, 0.3) is 0 Å². The van der Waals surface area contributed by atoms with Gasteiger partial charge in [-0.3, -0.25) is 9.89 Å². The molecule has 1 atom stereocenters. The first-order valence-corrected chi connectivity index (χ1v) is 7.12. The van der Waals surface area contributed by atoms with E-state index in [4.69, 9.17) is 4.74 Å². The molecule has 0 bridgehead atoms. The Morgan fingerprint density at radius 2 is 2.47 bits per heavy atom. The maximum atomic E-state index is 12.3. The van der Waals surface area contributed by atoms with Gasteiger partial charge in [-0.05, 0) is 25.7 Å². The Hall–Kier alpha value is -1.36. The molecule has 1 saturated heterocycles. The van der Waals surface area contributed by atoms with Crippen LogP contribution in [0.2, 0.25) is 0 Å². The molecule has 19 heavy (non-hydrogen) atoms. The third kappa shape index (κ3) is 2.66. The molecule has 5 heteroatoms. The van der Waals surface area contributed by atoms with Gasteiger partial charge in [0, 0.05) is 50.4 Å². The van der Waals surface area contributed by atoms with Gasteiger partial charge in [0.2, 0.25) is 5.91 Å². The Labute approximate surface area is 113 Å². The lowest BCUT2D eigenvalue weighted by Crippen LogP contribution is -2.37. The fraction of sp³-hybridized carbons (Fsp3) is 0.714. The molecule has 3 heterocycles. The van der Waals surface area contributed by atoms with Crippen molar-refractivity contribution in [3.05, 3.63) is 17.0 Å². The van der Waals surface area contributed by atoms with Crippen LogP contribution in [-0.2, 0) is 22.5 Å². The number of ether oxygens (including phenoxy) is 1. The number of H-pyrrole nitrogens is 1. The zero-order valence-corrected chi connectivity index (χ0v) is 11.4. The van der Waals surface area contributed by atoms with Crippen LogP contribution in [0.3, 0.4) is 0 Å². The Morgan fingerprint density at radius 3 is 3.26 bits per heavy atom. The highest BCUT2D eigenvalue weighted by molar-refractivity contribution is 5.76. The number of aryl methyl sites for hydroxylation is 1. The van der Waals surface area contributed by atoms with E-state index in [1.807, 2.05) is 11.8 Å². The fourth-order valence-electron chi connectivity index (χ4n) is 2.99. The van der Waals surface area contributed by atoms with Crippen LogP contribution in [0.25, 0.3) is 0 Å². The van der Waals surface area contributed by atoms with Gasteiger partial charge in [-0.2, -0.15) is 5.10 Å². The molecule has 0 aliphatic carbocycles. The molecule has 2 aliphatic rings. The van der Waals surface area contributed by atoms with Crippen LogP contribution < -0.4 is 0 Å². The van der Waals surface area contributed by atoms with E-state index in [2.05, 4.69) is 10.2 Å². The zero-order chi connectivity index (χ0) is 13.2. The molecule has 0 saturated carbocycles. The highest BCUT2D eigenvalue weighted by atomic mass is 16.5. The third-order valence-electron chi connectivity index (χ3n) is 4.20. The van der Waals surface area contributed by atoms with Crippen molar-refractivity contribution in [2.75, 3.05) is 19.8 Å². The molecular weight excluding hydrogens is 242 g/mol. The second-order valence-electron chi connectivity index (χ2n) is 5.63. The van der Waals surface area contributed by atoms with Crippen molar-refractivity contribution >= 4 is 5.91 Å². The number of rotatable bonds is 2. The first kappa shape index (κ1) is 12.7. The number of carbonyl (C=O) groups is 1. The highest BCUT2D eigenvalue weighted by Gasteiger charge is 2.26. The fourth-order valence-corrected chi connectivity index (χ4v) is 2.99. The van der Waals surface area contributed by atoms with E-state index in [1.165, 1.54) is 5.56 Å². The average molecular weight is 263 g/mol. The SMILES string of the molecule is Cc1[nH]nc2c1CN(C(=O)C[C@@H]1CCCOC1)CC2. The summed E-state index contributed by atoms with van der Waals surface area (Å²) in [5.41, 5.74) is 3.43. The van der Waals surface area contributed by atoms with E-state index in [0.717, 1.165) is 50.4 Å². The molecule has 1 fully saturated rings. The topological polar surface area (TPSA) is 58.2 Å². The number of carbonyl (C=O) groups excluding carboxylic acids is 1. The molecule has 1 N–H and O–H groups in total. The predicted octanol–water partition coefficient (Wildman–Crippen LogP) is 1.42. The highest BCUT2D eigenvalue weighted by Crippen LogP contribution is 2.23. The summed E-state index contributed by atoms with van der Waals surface area (Å²) in [6, 6.07) is 0. The van der Waals surface area contributed by atoms with Gasteiger partial charge in [-0.15, -0.1) is 0 Å². The van der Waals surface area contributed by atoms with E-state index < -0.39 is 0 Å². The molecule has 3 rings (SSSR count). The van der Waals surface area contributed by atoms with E-state index in [-0.39, 0.29) is 5.91 Å². The Bertz CT molecular complexity index is 463. The summed E-state index contributed by atoms with van der Waals surface area (Å²) in [6.07, 6.45) is 3.71. The molecule has 2 aliphatic heterocycles. The quantitative estimate of drug-likeness (QED) is 0.878. The molecular formula is C14H21N3O2. The monoisotopic (exact) mass is 263 g/mol. The van der Waals surface area contributed by atoms with Crippen molar-refractivity contribution in [3.63, 3.8) is 0 Å². The standard InChI is InChI=1S/C14H21N3O2/c1-10-12-8-17(5-4-13(12)16-15-10)14(18)7-11-3-2-6-19-9-11/h11H,2-9H2,1H3,(H,15,16)/t11-/m0/s1. The van der Waals surface area contributed by atoms with Crippen LogP contribution in [0.15, 0.2) is 0 Å². The summed E-state index contributed by atoms with van der Waals surface area (Å²) in [4.78, 5) is 14.3. The Balaban J connectivity index is 1.60. The van der Waals surface area contributed by atoms with E-state index in [9.17, 15) is 4.79 Å². The van der Waals surface area contributed by atoms with Crippen LogP contribution >= 0.6 is 0 Å². The zero-order valence-electron chi connectivity index (χ0n) is 11.4. The number of nitrogens with one attached hydrogen (secondary N) is 1. The summed E-state index contributed by atoms with van der Waals surface area (Å²) in [5, 5.41) is 7.29. The lowest BCUT2D eigenvalue weighted by atomic mass is 9.97. The summed E-state index contributed by atoms with van der Waals surface area (Å²) >= 11 is 0. The average Bonchev–Trinajstić information content (AvgIpc) is 2.81. The van der Waals surface area contributed by atoms with E-state index in [0.29, 0.717) is 18.9 Å². The second kappa shape index (κ2) is 5.33. The van der Waals surface area contributed by atoms with Gasteiger partial charge < -0.3 is 9.64 Å². The summed E-state index contributed by atoms with van der Waals surface area (Å²) < 4.78 is 5.45. The van der Waals surface area contributed by atoms with Gasteiger partial charge in [-0.1, -0.05) is 0 Å². The Morgan fingerprint density at radius 1 is 1.58 bits per heavy atom. The lowest BCUT2D eigenvalue weighted by Gasteiger charge is -2.29. The molecule has 1 aromatic rings. The molecule has 5 nitrogen and oxygen atoms in total. The van der Waals surface area contributed by atoms with Crippen LogP contribution in [-0.4, -0.2) is 40.8 Å². The van der Waals surface area contributed by atoms with Crippen molar-refractivity contribution in [2.45, 2.75) is 39.2 Å². The number of aromatic nitrogens is 2. The van der Waals surface area contributed by atoms with Crippen molar-refractivity contribution in [1.29, 1.82) is 0 Å². The van der Waals surface area contributed by atoms with Crippen LogP contribution in [0.1, 0.15) is 36.2 Å². The minimum Gasteiger partial charge on any atom is -0.381 e. The molecule has 0 unspecified atom stereocenters. The van der Waals surface area contributed by atoms with Crippen molar-refractivity contribution in [2.24, 2.45) is 5.92 Å². The minimum absolute atomic E-state index is 0.266. The first-order chi connectivity index (χ1) is 9.24. The van der Waals surface area contributed by atoms with Crippen LogP contribution in [0.5, 0.6) is 0 Å². The summed E-state index contributed by atoms with van der Waals surface area (Å²) in [5.74, 6) is 0.676. The van der Waals surface area contributed by atoms with Gasteiger partial charge >= 0.3 is 0 Å². The molecule has 104 valence electrons. The predicted molar refractivity (Wildman–Crippen MR) is 70.6 cm³/mol. The molecule has 0 aromatic carbocycles. The minimum atomic E-state index is 0.266. The van der Waals surface area contributed by atoms with E-state index >= 15 is 0 Å². The van der Waals surface area contributed by atoms with Gasteiger partial charge in [0.05, 0.1) is 5.69 Å². The normalized spacial score (nSPS) is 23.2. The largest absolute Gasteiger partial charge is 0.381 e. The Kier molecular flexibility index (Phi) is 3.55. The first-order valence-electron chi connectivity index (χ1n) is 7.12. The summed E-state index contributed by atoms with van der Waals surface area (Å²) in [6.45, 7) is 5.13.